The van der Waals surface area contributed by atoms with Crippen LogP contribution in [0, 0.1) is 5.82 Å². The molecule has 3 rings (SSSR count). The molecule has 9 heteroatoms. The lowest BCUT2D eigenvalue weighted by molar-refractivity contribution is 0.603. The van der Waals surface area contributed by atoms with Crippen LogP contribution in [-0.2, 0) is 10.0 Å². The van der Waals surface area contributed by atoms with E-state index in [0.29, 0.717) is 9.04 Å². The summed E-state index contributed by atoms with van der Waals surface area (Å²) in [6.07, 6.45) is 0. The van der Waals surface area contributed by atoms with Crippen molar-refractivity contribution in [3.63, 3.8) is 0 Å². The Morgan fingerprint density at radius 1 is 1.20 bits per heavy atom. The van der Waals surface area contributed by atoms with Gasteiger partial charge in [-0.05, 0) is 24.3 Å². The fourth-order valence-corrected chi connectivity index (χ4v) is 5.16. The van der Waals surface area contributed by atoms with Gasteiger partial charge in [-0.1, -0.05) is 29.0 Å². The Labute approximate surface area is 126 Å². The number of hydrogen-bond acceptors (Lipinski definition) is 5. The van der Waals surface area contributed by atoms with Crippen LogP contribution in [0.2, 0.25) is 4.34 Å². The van der Waals surface area contributed by atoms with E-state index in [1.54, 1.807) is 12.1 Å². The molecule has 104 valence electrons. The van der Waals surface area contributed by atoms with Crippen LogP contribution < -0.4 is 4.72 Å². The number of thiazole rings is 1. The maximum absolute atomic E-state index is 13.5. The van der Waals surface area contributed by atoms with E-state index in [1.807, 2.05) is 0 Å². The second-order valence-corrected chi connectivity index (χ2v) is 8.42. The molecule has 2 aromatic heterocycles. The highest BCUT2D eigenvalue weighted by atomic mass is 35.5. The molecule has 0 amide bonds. The standard InChI is InChI=1S/C11H6ClFN2O2S3/c12-8-4-5-9(19-8)20(16,17)15-11-14-10-6(13)2-1-3-7(10)18-11/h1-5H,(H,14,15). The molecule has 0 bridgehead atoms. The summed E-state index contributed by atoms with van der Waals surface area (Å²) < 4.78 is 41.1. The molecule has 0 aliphatic carbocycles. The summed E-state index contributed by atoms with van der Waals surface area (Å²) in [5.41, 5.74) is 0.152. The molecule has 4 nitrogen and oxygen atoms in total. The third kappa shape index (κ3) is 2.51. The van der Waals surface area contributed by atoms with Gasteiger partial charge in [-0.15, -0.1) is 11.3 Å². The van der Waals surface area contributed by atoms with Crippen molar-refractivity contribution in [2.24, 2.45) is 0 Å². The summed E-state index contributed by atoms with van der Waals surface area (Å²) in [5.74, 6) is -0.483. The van der Waals surface area contributed by atoms with Crippen LogP contribution in [0.25, 0.3) is 10.2 Å². The number of para-hydroxylation sites is 1. The lowest BCUT2D eigenvalue weighted by Crippen LogP contribution is -2.11. The van der Waals surface area contributed by atoms with Gasteiger partial charge in [-0.25, -0.2) is 17.8 Å². The van der Waals surface area contributed by atoms with E-state index in [4.69, 9.17) is 11.6 Å². The summed E-state index contributed by atoms with van der Waals surface area (Å²) in [6.45, 7) is 0. The average molecular weight is 349 g/mol. The fourth-order valence-electron chi connectivity index (χ4n) is 1.57. The van der Waals surface area contributed by atoms with E-state index >= 15 is 0 Å². The van der Waals surface area contributed by atoms with Crippen molar-refractivity contribution in [3.8, 4) is 0 Å². The highest BCUT2D eigenvalue weighted by molar-refractivity contribution is 7.95. The molecule has 3 aromatic rings. The van der Waals surface area contributed by atoms with E-state index in [1.165, 1.54) is 18.2 Å². The zero-order valence-electron chi connectivity index (χ0n) is 9.63. The maximum atomic E-state index is 13.5. The highest BCUT2D eigenvalue weighted by Crippen LogP contribution is 2.31. The van der Waals surface area contributed by atoms with Gasteiger partial charge < -0.3 is 0 Å². The van der Waals surface area contributed by atoms with Crippen molar-refractivity contribution < 1.29 is 12.8 Å². The minimum absolute atomic E-state index is 0.0854. The van der Waals surface area contributed by atoms with Crippen LogP contribution in [-0.4, -0.2) is 13.4 Å². The van der Waals surface area contributed by atoms with Gasteiger partial charge >= 0.3 is 0 Å². The first kappa shape index (κ1) is 13.7. The van der Waals surface area contributed by atoms with Crippen molar-refractivity contribution in [3.05, 3.63) is 40.5 Å². The van der Waals surface area contributed by atoms with Crippen molar-refractivity contribution in [2.45, 2.75) is 4.21 Å². The van der Waals surface area contributed by atoms with Crippen molar-refractivity contribution >= 4 is 59.6 Å². The zero-order valence-corrected chi connectivity index (χ0v) is 12.8. The number of benzene rings is 1. The molecule has 0 aliphatic heterocycles. The Hall–Kier alpha value is -1.22. The molecule has 0 radical (unpaired) electrons. The first-order valence-electron chi connectivity index (χ1n) is 5.29. The molecule has 20 heavy (non-hydrogen) atoms. The number of rotatable bonds is 3. The molecular weight excluding hydrogens is 343 g/mol. The molecule has 0 atom stereocenters. The number of nitrogens with one attached hydrogen (secondary N) is 1. The Morgan fingerprint density at radius 3 is 2.65 bits per heavy atom. The molecule has 1 aromatic carbocycles. The largest absolute Gasteiger partial charge is 0.273 e. The predicted molar refractivity (Wildman–Crippen MR) is 79.7 cm³/mol. The number of thiophene rings is 1. The van der Waals surface area contributed by atoms with E-state index < -0.39 is 15.8 Å². The first-order valence-corrected chi connectivity index (χ1v) is 8.78. The third-order valence-corrected chi connectivity index (χ3v) is 6.53. The van der Waals surface area contributed by atoms with E-state index in [0.717, 1.165) is 22.7 Å². The van der Waals surface area contributed by atoms with Gasteiger partial charge in [0.2, 0.25) is 0 Å². The van der Waals surface area contributed by atoms with Gasteiger partial charge in [0.05, 0.1) is 9.04 Å². The summed E-state index contributed by atoms with van der Waals surface area (Å²) in [7, 11) is -3.74. The number of aromatic nitrogens is 1. The van der Waals surface area contributed by atoms with Crippen LogP contribution in [0.3, 0.4) is 0 Å². The molecule has 1 N–H and O–H groups in total. The van der Waals surface area contributed by atoms with Crippen LogP contribution in [0.1, 0.15) is 0 Å². The first-order chi connectivity index (χ1) is 9.45. The molecule has 0 fully saturated rings. The van der Waals surface area contributed by atoms with Gasteiger partial charge in [0.15, 0.2) is 5.13 Å². The Morgan fingerprint density at radius 2 is 2.00 bits per heavy atom. The topological polar surface area (TPSA) is 59.1 Å². The van der Waals surface area contributed by atoms with E-state index in [2.05, 4.69) is 9.71 Å². The number of hydrogen-bond donors (Lipinski definition) is 1. The Bertz CT molecular complexity index is 888. The summed E-state index contributed by atoms with van der Waals surface area (Å²) in [4.78, 5) is 3.95. The zero-order chi connectivity index (χ0) is 14.3. The molecule has 0 aliphatic rings. The molecule has 0 saturated heterocycles. The second kappa shape index (κ2) is 4.96. The molecular formula is C11H6ClFN2O2S3. The van der Waals surface area contributed by atoms with Gasteiger partial charge in [0.25, 0.3) is 10.0 Å². The van der Waals surface area contributed by atoms with Crippen molar-refractivity contribution in [2.75, 3.05) is 4.72 Å². The van der Waals surface area contributed by atoms with Gasteiger partial charge in [-0.2, -0.15) is 0 Å². The van der Waals surface area contributed by atoms with Gasteiger partial charge in [-0.3, -0.25) is 4.72 Å². The normalized spacial score (nSPS) is 11.9. The van der Waals surface area contributed by atoms with Gasteiger partial charge in [0, 0.05) is 0 Å². The van der Waals surface area contributed by atoms with Crippen LogP contribution in [0.5, 0.6) is 0 Å². The van der Waals surface area contributed by atoms with Crippen LogP contribution >= 0.6 is 34.3 Å². The average Bonchev–Trinajstić information content (AvgIpc) is 2.96. The molecule has 0 unspecified atom stereocenters. The van der Waals surface area contributed by atoms with Crippen molar-refractivity contribution in [1.29, 1.82) is 0 Å². The molecule has 0 saturated carbocycles. The minimum atomic E-state index is -3.74. The Balaban J connectivity index is 1.99. The Kier molecular flexibility index (Phi) is 3.41. The lowest BCUT2D eigenvalue weighted by Gasteiger charge is -2.01. The fraction of sp³-hybridized carbons (Fsp3) is 0. The smallest absolute Gasteiger partial charge is 0.254 e. The van der Waals surface area contributed by atoms with Crippen LogP contribution in [0.4, 0.5) is 9.52 Å². The quantitative estimate of drug-likeness (QED) is 0.779. The van der Waals surface area contributed by atoms with E-state index in [9.17, 15) is 12.8 Å². The van der Waals surface area contributed by atoms with Gasteiger partial charge in [0.1, 0.15) is 15.5 Å². The van der Waals surface area contributed by atoms with E-state index in [-0.39, 0.29) is 14.9 Å². The number of anilines is 1. The molecule has 2 heterocycles. The summed E-state index contributed by atoms with van der Waals surface area (Å²) in [5, 5.41) is 0.120. The highest BCUT2D eigenvalue weighted by Gasteiger charge is 2.19. The number of fused-ring (bicyclic) bond motifs is 1. The number of halogens is 2. The van der Waals surface area contributed by atoms with Crippen LogP contribution in [0.15, 0.2) is 34.5 Å². The monoisotopic (exact) mass is 348 g/mol. The SMILES string of the molecule is O=S(=O)(Nc1nc2c(F)cccc2s1)c1ccc(Cl)s1. The number of nitrogens with zero attached hydrogens (tertiary/aromatic N) is 1. The molecule has 0 spiro atoms. The van der Waals surface area contributed by atoms with Crippen molar-refractivity contribution in [1.82, 2.24) is 4.98 Å². The minimum Gasteiger partial charge on any atom is -0.254 e. The predicted octanol–water partition coefficient (Wildman–Crippen LogP) is 3.95. The second-order valence-electron chi connectivity index (χ2n) is 3.77. The summed E-state index contributed by atoms with van der Waals surface area (Å²) in [6, 6.07) is 7.41. The summed E-state index contributed by atoms with van der Waals surface area (Å²) >= 11 is 7.73. The lowest BCUT2D eigenvalue weighted by atomic mass is 10.3. The maximum Gasteiger partial charge on any atom is 0.273 e. The third-order valence-electron chi connectivity index (χ3n) is 2.40. The number of sulfonamides is 1.